The first-order valence-electron chi connectivity index (χ1n) is 6.00. The molecule has 0 radical (unpaired) electrons. The van der Waals surface area contributed by atoms with Gasteiger partial charge in [0.1, 0.15) is 5.75 Å². The molecule has 3 N–H and O–H groups in total. The van der Waals surface area contributed by atoms with E-state index in [1.807, 2.05) is 0 Å². The first-order valence-corrected chi connectivity index (χ1v) is 6.00. The third-order valence-corrected chi connectivity index (χ3v) is 2.75. The van der Waals surface area contributed by atoms with Crippen LogP contribution in [0.1, 0.15) is 10.4 Å². The van der Waals surface area contributed by atoms with Gasteiger partial charge in [0.2, 0.25) is 5.95 Å². The third kappa shape index (κ3) is 2.61. The average molecular weight is 289 g/mol. The molecule has 1 aromatic heterocycles. The second kappa shape index (κ2) is 5.12. The quantitative estimate of drug-likeness (QED) is 0.752. The lowest BCUT2D eigenvalue weighted by Gasteiger charge is -2.18. The van der Waals surface area contributed by atoms with E-state index >= 15 is 0 Å². The largest absolute Gasteiger partial charge is 0.482 e. The van der Waals surface area contributed by atoms with Crippen molar-refractivity contribution in [1.82, 2.24) is 15.2 Å². The van der Waals surface area contributed by atoms with Crippen LogP contribution in [-0.4, -0.2) is 40.7 Å². The highest BCUT2D eigenvalue weighted by molar-refractivity contribution is 6.05. The minimum absolute atomic E-state index is 0.0313. The fourth-order valence-electron chi connectivity index (χ4n) is 1.80. The molecule has 2 aromatic rings. The van der Waals surface area contributed by atoms with Crippen molar-refractivity contribution in [3.63, 3.8) is 0 Å². The summed E-state index contributed by atoms with van der Waals surface area (Å²) in [6.07, 6.45) is 0. The zero-order valence-electron chi connectivity index (χ0n) is 11.0. The summed E-state index contributed by atoms with van der Waals surface area (Å²) in [4.78, 5) is 27.2. The van der Waals surface area contributed by atoms with Crippen LogP contribution in [0.5, 0.6) is 11.8 Å². The van der Waals surface area contributed by atoms with Crippen molar-refractivity contribution < 1.29 is 19.1 Å². The number of aromatic nitrogens is 3. The number of benzene rings is 1. The first kappa shape index (κ1) is 12.9. The molecule has 1 aliphatic rings. The Balaban J connectivity index is 1.78. The highest BCUT2D eigenvalue weighted by atomic mass is 16.5. The van der Waals surface area contributed by atoms with Gasteiger partial charge in [0.25, 0.3) is 11.8 Å². The molecule has 0 atom stereocenters. The van der Waals surface area contributed by atoms with Crippen molar-refractivity contribution in [3.05, 3.63) is 23.8 Å². The van der Waals surface area contributed by atoms with E-state index in [-0.39, 0.29) is 24.5 Å². The molecule has 0 saturated carbocycles. The van der Waals surface area contributed by atoms with E-state index in [1.54, 1.807) is 12.1 Å². The first-order chi connectivity index (χ1) is 10.2. The van der Waals surface area contributed by atoms with Gasteiger partial charge in [0, 0.05) is 5.56 Å². The molecule has 9 nitrogen and oxygen atoms in total. The molecule has 0 fully saturated rings. The van der Waals surface area contributed by atoms with Gasteiger partial charge in [-0.3, -0.25) is 14.9 Å². The Morgan fingerprint density at radius 2 is 2.33 bits per heavy atom. The van der Waals surface area contributed by atoms with Crippen molar-refractivity contribution in [2.75, 3.05) is 24.4 Å². The number of nitrogens with one attached hydrogen (secondary N) is 3. The lowest BCUT2D eigenvalue weighted by molar-refractivity contribution is -0.118. The summed E-state index contributed by atoms with van der Waals surface area (Å²) in [6, 6.07) is 4.84. The highest BCUT2D eigenvalue weighted by Crippen LogP contribution is 2.28. The maximum Gasteiger partial charge on any atom is 0.336 e. The summed E-state index contributed by atoms with van der Waals surface area (Å²) in [5, 5.41) is 11.4. The molecule has 2 amide bonds. The van der Waals surface area contributed by atoms with Crippen molar-refractivity contribution in [3.8, 4) is 11.8 Å². The zero-order chi connectivity index (χ0) is 14.8. The Kier molecular flexibility index (Phi) is 3.14. The number of ether oxygens (including phenoxy) is 2. The summed E-state index contributed by atoms with van der Waals surface area (Å²) < 4.78 is 10.0. The number of H-pyrrole nitrogens is 1. The highest BCUT2D eigenvalue weighted by Gasteiger charge is 2.18. The number of fused-ring (bicyclic) bond motifs is 1. The van der Waals surface area contributed by atoms with E-state index in [0.717, 1.165) is 0 Å². The van der Waals surface area contributed by atoms with Crippen LogP contribution in [0, 0.1) is 0 Å². The topological polar surface area (TPSA) is 118 Å². The summed E-state index contributed by atoms with van der Waals surface area (Å²) in [7, 11) is 1.42. The number of aromatic amines is 1. The van der Waals surface area contributed by atoms with Crippen LogP contribution in [0.15, 0.2) is 18.2 Å². The molecular formula is C12H11N5O4. The molecule has 1 aromatic carbocycles. The molecule has 0 unspecified atom stereocenters. The molecule has 108 valence electrons. The normalized spacial score (nSPS) is 12.9. The Morgan fingerprint density at radius 1 is 1.48 bits per heavy atom. The number of amides is 2. The molecule has 9 heteroatoms. The maximum absolute atomic E-state index is 12.1. The molecule has 0 bridgehead atoms. The van der Waals surface area contributed by atoms with Crippen molar-refractivity contribution in [1.29, 1.82) is 0 Å². The van der Waals surface area contributed by atoms with Gasteiger partial charge < -0.3 is 14.8 Å². The number of carbonyl (C=O) groups is 2. The predicted molar refractivity (Wildman–Crippen MR) is 71.5 cm³/mol. The Morgan fingerprint density at radius 3 is 3.10 bits per heavy atom. The summed E-state index contributed by atoms with van der Waals surface area (Å²) in [5.74, 6) is 0.0128. The van der Waals surface area contributed by atoms with Crippen LogP contribution in [-0.2, 0) is 4.79 Å². The standard InChI is InChI=1S/C12H11N5O4/c1-20-12-15-11(16-17-12)14-10(19)6-2-3-8-7(4-6)13-9(18)5-21-8/h2-4H,5H2,1H3,(H,13,18)(H2,14,15,16,17,19). The number of anilines is 2. The average Bonchev–Trinajstić information content (AvgIpc) is 2.94. The van der Waals surface area contributed by atoms with Gasteiger partial charge in [-0.05, 0) is 18.2 Å². The van der Waals surface area contributed by atoms with Gasteiger partial charge in [0.15, 0.2) is 6.61 Å². The molecule has 0 aliphatic carbocycles. The zero-order valence-corrected chi connectivity index (χ0v) is 11.0. The van der Waals surface area contributed by atoms with Crippen LogP contribution in [0.3, 0.4) is 0 Å². The van der Waals surface area contributed by atoms with Crippen LogP contribution in [0.4, 0.5) is 11.6 Å². The molecule has 0 spiro atoms. The number of rotatable bonds is 3. The number of methoxy groups -OCH3 is 1. The lowest BCUT2D eigenvalue weighted by Crippen LogP contribution is -2.25. The Bertz CT molecular complexity index is 711. The van der Waals surface area contributed by atoms with Gasteiger partial charge >= 0.3 is 6.01 Å². The third-order valence-electron chi connectivity index (χ3n) is 2.75. The van der Waals surface area contributed by atoms with Crippen molar-refractivity contribution in [2.24, 2.45) is 0 Å². The number of hydrogen-bond acceptors (Lipinski definition) is 6. The van der Waals surface area contributed by atoms with Gasteiger partial charge in [-0.15, -0.1) is 5.10 Å². The molecule has 3 rings (SSSR count). The van der Waals surface area contributed by atoms with Gasteiger partial charge in [0.05, 0.1) is 12.8 Å². The Labute approximate surface area is 118 Å². The van der Waals surface area contributed by atoms with Crippen LogP contribution < -0.4 is 20.1 Å². The van der Waals surface area contributed by atoms with Crippen molar-refractivity contribution in [2.45, 2.75) is 0 Å². The Hall–Kier alpha value is -3.10. The van der Waals surface area contributed by atoms with E-state index < -0.39 is 5.91 Å². The lowest BCUT2D eigenvalue weighted by atomic mass is 10.1. The SMILES string of the molecule is COc1n[nH]c(NC(=O)c2ccc3c(c2)NC(=O)CO3)n1. The second-order valence-corrected chi connectivity index (χ2v) is 4.17. The number of carbonyl (C=O) groups excluding carboxylic acids is 2. The fraction of sp³-hybridized carbons (Fsp3) is 0.167. The minimum Gasteiger partial charge on any atom is -0.482 e. The van der Waals surface area contributed by atoms with E-state index in [2.05, 4.69) is 25.8 Å². The predicted octanol–water partition coefficient (Wildman–Crippen LogP) is 0.396. The van der Waals surface area contributed by atoms with E-state index in [0.29, 0.717) is 17.0 Å². The number of hydrogen-bond donors (Lipinski definition) is 3. The maximum atomic E-state index is 12.1. The van der Waals surface area contributed by atoms with E-state index in [4.69, 9.17) is 9.47 Å². The molecule has 0 saturated heterocycles. The van der Waals surface area contributed by atoms with Crippen LogP contribution >= 0.6 is 0 Å². The van der Waals surface area contributed by atoms with Crippen molar-refractivity contribution >= 4 is 23.5 Å². The summed E-state index contributed by atoms with van der Waals surface area (Å²) in [5.41, 5.74) is 0.795. The summed E-state index contributed by atoms with van der Waals surface area (Å²) >= 11 is 0. The van der Waals surface area contributed by atoms with Crippen LogP contribution in [0.2, 0.25) is 0 Å². The summed E-state index contributed by atoms with van der Waals surface area (Å²) in [6.45, 7) is -0.0313. The monoisotopic (exact) mass is 289 g/mol. The molecule has 2 heterocycles. The minimum atomic E-state index is -0.406. The number of nitrogens with zero attached hydrogens (tertiary/aromatic N) is 2. The van der Waals surface area contributed by atoms with E-state index in [1.165, 1.54) is 13.2 Å². The van der Waals surface area contributed by atoms with Gasteiger partial charge in [-0.2, -0.15) is 4.98 Å². The fourth-order valence-corrected chi connectivity index (χ4v) is 1.80. The molecular weight excluding hydrogens is 278 g/mol. The van der Waals surface area contributed by atoms with E-state index in [9.17, 15) is 9.59 Å². The van der Waals surface area contributed by atoms with Crippen LogP contribution in [0.25, 0.3) is 0 Å². The van der Waals surface area contributed by atoms with Gasteiger partial charge in [-0.25, -0.2) is 5.10 Å². The smallest absolute Gasteiger partial charge is 0.336 e. The molecule has 1 aliphatic heterocycles. The molecule has 21 heavy (non-hydrogen) atoms. The van der Waals surface area contributed by atoms with Gasteiger partial charge in [-0.1, -0.05) is 0 Å². The second-order valence-electron chi connectivity index (χ2n) is 4.17.